The molecule has 1 N–H and O–H groups in total. The molecule has 0 aliphatic carbocycles. The fourth-order valence-corrected chi connectivity index (χ4v) is 3.04. The minimum atomic E-state index is -0.0521. The molecule has 1 aliphatic rings. The summed E-state index contributed by atoms with van der Waals surface area (Å²) in [6.07, 6.45) is 0.384. The van der Waals surface area contributed by atoms with E-state index in [0.717, 1.165) is 22.4 Å². The van der Waals surface area contributed by atoms with Crippen LogP contribution in [0.4, 0.5) is 4.79 Å². The van der Waals surface area contributed by atoms with Gasteiger partial charge in [-0.15, -0.1) is 0 Å². The molecule has 25 heavy (non-hydrogen) atoms. The van der Waals surface area contributed by atoms with Crippen molar-refractivity contribution in [1.29, 1.82) is 0 Å². The van der Waals surface area contributed by atoms with Crippen LogP contribution in [0.25, 0.3) is 0 Å². The molecule has 0 saturated carbocycles. The number of piperazine rings is 1. The number of methoxy groups -OCH3 is 1. The maximum absolute atomic E-state index is 12.6. The average Bonchev–Trinajstić information content (AvgIpc) is 2.58. The first kappa shape index (κ1) is 19.1. The highest BCUT2D eigenvalue weighted by Crippen LogP contribution is 2.24. The van der Waals surface area contributed by atoms with Gasteiger partial charge in [0.2, 0.25) is 5.91 Å². The van der Waals surface area contributed by atoms with Crippen molar-refractivity contribution in [3.8, 4) is 5.75 Å². The molecule has 6 nitrogen and oxygen atoms in total. The molecular weight excluding hydrogens is 318 g/mol. The molecule has 0 radical (unpaired) electrons. The van der Waals surface area contributed by atoms with Crippen molar-refractivity contribution in [2.45, 2.75) is 40.2 Å². The normalized spacial score (nSPS) is 14.6. The molecular formula is C19H29N3O3. The van der Waals surface area contributed by atoms with E-state index in [1.165, 1.54) is 0 Å². The first-order valence-electron chi connectivity index (χ1n) is 8.79. The van der Waals surface area contributed by atoms with Crippen LogP contribution in [0.1, 0.15) is 30.5 Å². The quantitative estimate of drug-likeness (QED) is 0.907. The van der Waals surface area contributed by atoms with E-state index in [-0.39, 0.29) is 18.0 Å². The van der Waals surface area contributed by atoms with E-state index in [4.69, 9.17) is 4.74 Å². The van der Waals surface area contributed by atoms with Gasteiger partial charge in [-0.2, -0.15) is 0 Å². The molecule has 0 unspecified atom stereocenters. The molecule has 1 saturated heterocycles. The van der Waals surface area contributed by atoms with E-state index in [2.05, 4.69) is 5.32 Å². The van der Waals surface area contributed by atoms with Crippen LogP contribution in [0.2, 0.25) is 0 Å². The molecule has 1 aromatic rings. The van der Waals surface area contributed by atoms with Gasteiger partial charge in [-0.3, -0.25) is 4.79 Å². The zero-order valence-corrected chi connectivity index (χ0v) is 15.9. The number of nitrogens with zero attached hydrogens (tertiary/aromatic N) is 2. The molecule has 0 aromatic heterocycles. The van der Waals surface area contributed by atoms with Gasteiger partial charge in [0.25, 0.3) is 0 Å². The summed E-state index contributed by atoms with van der Waals surface area (Å²) in [5, 5.41) is 2.89. The molecule has 1 fully saturated rings. The molecule has 0 spiro atoms. The van der Waals surface area contributed by atoms with Crippen molar-refractivity contribution < 1.29 is 14.3 Å². The SMILES string of the molecule is COc1ccc(CC(=O)N2CCN(C(=O)NC(C)C)CC2)c(C)c1C. The standard InChI is InChI=1S/C19H29N3O3/c1-13(2)20-19(24)22-10-8-21(9-11-22)18(23)12-16-6-7-17(25-5)15(4)14(16)3/h6-7,13H,8-12H2,1-5H3,(H,20,24). The van der Waals surface area contributed by atoms with Gasteiger partial charge in [0.15, 0.2) is 0 Å². The lowest BCUT2D eigenvalue weighted by Crippen LogP contribution is -2.54. The van der Waals surface area contributed by atoms with Crippen LogP contribution in [-0.4, -0.2) is 61.1 Å². The highest BCUT2D eigenvalue weighted by Gasteiger charge is 2.24. The second-order valence-electron chi connectivity index (χ2n) is 6.83. The summed E-state index contributed by atoms with van der Waals surface area (Å²) in [6, 6.07) is 3.95. The Morgan fingerprint density at radius 1 is 1.08 bits per heavy atom. The summed E-state index contributed by atoms with van der Waals surface area (Å²) in [4.78, 5) is 28.2. The van der Waals surface area contributed by atoms with E-state index in [1.807, 2.05) is 44.7 Å². The van der Waals surface area contributed by atoms with Crippen molar-refractivity contribution >= 4 is 11.9 Å². The molecule has 2 rings (SSSR count). The molecule has 0 atom stereocenters. The summed E-state index contributed by atoms with van der Waals surface area (Å²) in [5.41, 5.74) is 3.20. The summed E-state index contributed by atoms with van der Waals surface area (Å²) in [5.74, 6) is 0.954. The topological polar surface area (TPSA) is 61.9 Å². The van der Waals surface area contributed by atoms with Crippen LogP contribution >= 0.6 is 0 Å². The van der Waals surface area contributed by atoms with Gasteiger partial charge in [0.1, 0.15) is 5.75 Å². The van der Waals surface area contributed by atoms with Gasteiger partial charge in [-0.1, -0.05) is 6.07 Å². The highest BCUT2D eigenvalue weighted by atomic mass is 16.5. The van der Waals surface area contributed by atoms with Crippen molar-refractivity contribution in [2.75, 3.05) is 33.3 Å². The maximum atomic E-state index is 12.6. The molecule has 6 heteroatoms. The number of rotatable bonds is 4. The predicted octanol–water partition coefficient (Wildman–Crippen LogP) is 2.12. The lowest BCUT2D eigenvalue weighted by molar-refractivity contribution is -0.131. The van der Waals surface area contributed by atoms with Crippen LogP contribution in [0.15, 0.2) is 12.1 Å². The predicted molar refractivity (Wildman–Crippen MR) is 98.0 cm³/mol. The van der Waals surface area contributed by atoms with Crippen LogP contribution in [0.5, 0.6) is 5.75 Å². The largest absolute Gasteiger partial charge is 0.496 e. The third-order valence-electron chi connectivity index (χ3n) is 4.74. The van der Waals surface area contributed by atoms with Crippen molar-refractivity contribution in [3.63, 3.8) is 0 Å². The summed E-state index contributed by atoms with van der Waals surface area (Å²) < 4.78 is 5.32. The number of hydrogen-bond donors (Lipinski definition) is 1. The second kappa shape index (κ2) is 8.23. The Bertz CT molecular complexity index is 635. The second-order valence-corrected chi connectivity index (χ2v) is 6.83. The zero-order valence-electron chi connectivity index (χ0n) is 15.9. The lowest BCUT2D eigenvalue weighted by atomic mass is 9.99. The maximum Gasteiger partial charge on any atom is 0.317 e. The van der Waals surface area contributed by atoms with Crippen LogP contribution in [0.3, 0.4) is 0 Å². The zero-order chi connectivity index (χ0) is 18.6. The van der Waals surface area contributed by atoms with Crippen molar-refractivity contribution in [1.82, 2.24) is 15.1 Å². The van der Waals surface area contributed by atoms with Gasteiger partial charge in [-0.05, 0) is 50.5 Å². The first-order valence-corrected chi connectivity index (χ1v) is 8.79. The fraction of sp³-hybridized carbons (Fsp3) is 0.579. The Kier molecular flexibility index (Phi) is 6.28. The number of urea groups is 1. The smallest absolute Gasteiger partial charge is 0.317 e. The Morgan fingerprint density at radius 2 is 1.68 bits per heavy atom. The van der Waals surface area contributed by atoms with Crippen molar-refractivity contribution in [3.05, 3.63) is 28.8 Å². The molecule has 1 heterocycles. The summed E-state index contributed by atoms with van der Waals surface area (Å²) in [7, 11) is 1.65. The molecule has 0 bridgehead atoms. The average molecular weight is 347 g/mol. The molecule has 138 valence electrons. The number of carbonyl (C=O) groups excluding carboxylic acids is 2. The van der Waals surface area contributed by atoms with E-state index in [9.17, 15) is 9.59 Å². The fourth-order valence-electron chi connectivity index (χ4n) is 3.04. The van der Waals surface area contributed by atoms with Gasteiger partial charge in [0.05, 0.1) is 13.5 Å². The van der Waals surface area contributed by atoms with E-state index >= 15 is 0 Å². The van der Waals surface area contributed by atoms with Crippen molar-refractivity contribution in [2.24, 2.45) is 0 Å². The summed E-state index contributed by atoms with van der Waals surface area (Å²) in [6.45, 7) is 10.2. The Hall–Kier alpha value is -2.24. The molecule has 3 amide bonds. The first-order chi connectivity index (χ1) is 11.8. The highest BCUT2D eigenvalue weighted by molar-refractivity contribution is 5.80. The number of benzene rings is 1. The number of hydrogen-bond acceptors (Lipinski definition) is 3. The van der Waals surface area contributed by atoms with E-state index in [0.29, 0.717) is 32.6 Å². The van der Waals surface area contributed by atoms with Gasteiger partial charge >= 0.3 is 6.03 Å². The third kappa shape index (κ3) is 4.65. The van der Waals surface area contributed by atoms with Crippen LogP contribution in [0, 0.1) is 13.8 Å². The van der Waals surface area contributed by atoms with E-state index in [1.54, 1.807) is 12.0 Å². The number of amides is 3. The summed E-state index contributed by atoms with van der Waals surface area (Å²) >= 11 is 0. The number of ether oxygens (including phenoxy) is 1. The van der Waals surface area contributed by atoms with E-state index < -0.39 is 0 Å². The van der Waals surface area contributed by atoms with Crippen LogP contribution in [-0.2, 0) is 11.2 Å². The minimum Gasteiger partial charge on any atom is -0.496 e. The molecule has 1 aromatic carbocycles. The van der Waals surface area contributed by atoms with Gasteiger partial charge in [-0.25, -0.2) is 4.79 Å². The third-order valence-corrected chi connectivity index (χ3v) is 4.74. The number of nitrogens with one attached hydrogen (secondary N) is 1. The lowest BCUT2D eigenvalue weighted by Gasteiger charge is -2.35. The Labute approximate surface area is 150 Å². The van der Waals surface area contributed by atoms with Gasteiger partial charge < -0.3 is 19.9 Å². The molecule has 1 aliphatic heterocycles. The minimum absolute atomic E-state index is 0.0521. The Morgan fingerprint density at radius 3 is 2.24 bits per heavy atom. The van der Waals surface area contributed by atoms with Crippen LogP contribution < -0.4 is 10.1 Å². The number of carbonyl (C=O) groups is 2. The monoisotopic (exact) mass is 347 g/mol. The van der Waals surface area contributed by atoms with Gasteiger partial charge in [0, 0.05) is 32.2 Å². The Balaban J connectivity index is 1.93.